The van der Waals surface area contributed by atoms with E-state index in [0.29, 0.717) is 34.4 Å². The van der Waals surface area contributed by atoms with Crippen molar-refractivity contribution in [3.05, 3.63) is 64.4 Å². The number of hydrogen-bond acceptors (Lipinski definition) is 3. The van der Waals surface area contributed by atoms with Crippen LogP contribution in [0.15, 0.2) is 42.5 Å². The van der Waals surface area contributed by atoms with Gasteiger partial charge >= 0.3 is 0 Å². The number of hydrogen-bond donors (Lipinski definition) is 2. The van der Waals surface area contributed by atoms with E-state index in [0.717, 1.165) is 17.0 Å². The normalized spacial score (nSPS) is 10.1. The summed E-state index contributed by atoms with van der Waals surface area (Å²) in [7, 11) is 0. The van der Waals surface area contributed by atoms with Gasteiger partial charge in [-0.15, -0.1) is 0 Å². The average Bonchev–Trinajstić information content (AvgIpc) is 2.59. The summed E-state index contributed by atoms with van der Waals surface area (Å²) in [5.74, 6) is 1.02. The monoisotopic (exact) mass is 393 g/mol. The molecule has 0 spiro atoms. The number of nitrogens with one attached hydrogen (secondary N) is 2. The van der Waals surface area contributed by atoms with Gasteiger partial charge in [0.15, 0.2) is 5.11 Å². The van der Waals surface area contributed by atoms with Crippen molar-refractivity contribution in [1.29, 1.82) is 5.26 Å². The minimum absolute atomic E-state index is 0.273. The molecule has 130 valence electrons. The number of rotatable bonds is 7. The van der Waals surface area contributed by atoms with E-state index in [4.69, 9.17) is 29.1 Å². The molecule has 0 amide bonds. The Morgan fingerprint density at radius 3 is 2.68 bits per heavy atom. The Bertz CT molecular complexity index is 740. The third-order valence-corrected chi connectivity index (χ3v) is 4.92. The van der Waals surface area contributed by atoms with E-state index in [1.54, 1.807) is 23.9 Å². The standard InChI is InChI=1S/C18H17ClFN3S2/c19-16-2-1-3-17(20)15(16)12-25-11-10-22-18(24)23-14-6-4-13(5-7-14)8-9-21/h1-7H,8,10-12H2,(H2,22,23,24). The van der Waals surface area contributed by atoms with Crippen molar-refractivity contribution in [3.8, 4) is 6.07 Å². The number of thioether (sulfide) groups is 1. The zero-order valence-corrected chi connectivity index (χ0v) is 15.8. The van der Waals surface area contributed by atoms with Gasteiger partial charge in [-0.2, -0.15) is 17.0 Å². The molecule has 0 fully saturated rings. The van der Waals surface area contributed by atoms with Crippen molar-refractivity contribution < 1.29 is 4.39 Å². The van der Waals surface area contributed by atoms with Crippen molar-refractivity contribution >= 4 is 46.4 Å². The van der Waals surface area contributed by atoms with Gasteiger partial charge in [0, 0.05) is 34.3 Å². The summed E-state index contributed by atoms with van der Waals surface area (Å²) < 4.78 is 13.6. The fraction of sp³-hybridized carbons (Fsp3) is 0.222. The van der Waals surface area contributed by atoms with E-state index >= 15 is 0 Å². The van der Waals surface area contributed by atoms with E-state index in [2.05, 4.69) is 16.7 Å². The molecule has 25 heavy (non-hydrogen) atoms. The Morgan fingerprint density at radius 2 is 2.00 bits per heavy atom. The SMILES string of the molecule is N#CCc1ccc(NC(=S)NCCSCc2c(F)cccc2Cl)cc1. The van der Waals surface area contributed by atoms with Crippen LogP contribution in [-0.2, 0) is 12.2 Å². The highest BCUT2D eigenvalue weighted by Gasteiger charge is 2.06. The van der Waals surface area contributed by atoms with Crippen LogP contribution in [0.5, 0.6) is 0 Å². The third kappa shape index (κ3) is 6.54. The molecule has 0 heterocycles. The minimum Gasteiger partial charge on any atom is -0.362 e. The Morgan fingerprint density at radius 1 is 1.24 bits per heavy atom. The summed E-state index contributed by atoms with van der Waals surface area (Å²) in [6, 6.07) is 14.4. The van der Waals surface area contributed by atoms with E-state index in [1.165, 1.54) is 6.07 Å². The largest absolute Gasteiger partial charge is 0.362 e. The molecule has 0 saturated carbocycles. The fourth-order valence-corrected chi connectivity index (χ4v) is 3.47. The molecule has 3 nitrogen and oxygen atoms in total. The van der Waals surface area contributed by atoms with Crippen LogP contribution in [-0.4, -0.2) is 17.4 Å². The maximum atomic E-state index is 13.6. The first-order chi connectivity index (χ1) is 12.1. The second-order valence-corrected chi connectivity index (χ2v) is 7.09. The lowest BCUT2D eigenvalue weighted by Crippen LogP contribution is -2.30. The summed E-state index contributed by atoms with van der Waals surface area (Å²) in [5, 5.41) is 15.8. The van der Waals surface area contributed by atoms with E-state index in [1.807, 2.05) is 24.3 Å². The van der Waals surface area contributed by atoms with Gasteiger partial charge < -0.3 is 10.6 Å². The smallest absolute Gasteiger partial charge is 0.170 e. The lowest BCUT2D eigenvalue weighted by molar-refractivity contribution is 0.617. The molecule has 2 rings (SSSR count). The van der Waals surface area contributed by atoms with Crippen molar-refractivity contribution in [2.75, 3.05) is 17.6 Å². The molecule has 0 atom stereocenters. The lowest BCUT2D eigenvalue weighted by Gasteiger charge is -2.11. The van der Waals surface area contributed by atoms with Crippen LogP contribution in [0.1, 0.15) is 11.1 Å². The molecule has 7 heteroatoms. The van der Waals surface area contributed by atoms with Gasteiger partial charge in [0.25, 0.3) is 0 Å². The summed E-state index contributed by atoms with van der Waals surface area (Å²) in [4.78, 5) is 0. The number of nitriles is 1. The van der Waals surface area contributed by atoms with Crippen LogP contribution >= 0.6 is 35.6 Å². The molecule has 0 aliphatic heterocycles. The maximum Gasteiger partial charge on any atom is 0.170 e. The maximum absolute atomic E-state index is 13.6. The number of benzene rings is 2. The van der Waals surface area contributed by atoms with Gasteiger partial charge in [-0.1, -0.05) is 29.8 Å². The molecule has 2 N–H and O–H groups in total. The van der Waals surface area contributed by atoms with Crippen LogP contribution < -0.4 is 10.6 Å². The third-order valence-electron chi connectivity index (χ3n) is 3.34. The Labute approximate surface area is 161 Å². The minimum atomic E-state index is -0.273. The predicted octanol–water partition coefficient (Wildman–Crippen LogP) is 4.76. The molecule has 2 aromatic carbocycles. The summed E-state index contributed by atoms with van der Waals surface area (Å²) >= 11 is 12.8. The van der Waals surface area contributed by atoms with Crippen LogP contribution in [0.4, 0.5) is 10.1 Å². The average molecular weight is 394 g/mol. The van der Waals surface area contributed by atoms with Gasteiger partial charge in [0.2, 0.25) is 0 Å². The van der Waals surface area contributed by atoms with Gasteiger partial charge in [-0.3, -0.25) is 0 Å². The first-order valence-corrected chi connectivity index (χ1v) is 9.55. The number of nitrogens with zero attached hydrogens (tertiary/aromatic N) is 1. The second kappa shape index (κ2) is 10.2. The highest BCUT2D eigenvalue weighted by molar-refractivity contribution is 7.98. The van der Waals surface area contributed by atoms with Gasteiger partial charge in [-0.25, -0.2) is 4.39 Å². The molecule has 0 radical (unpaired) electrons. The zero-order chi connectivity index (χ0) is 18.1. The highest BCUT2D eigenvalue weighted by atomic mass is 35.5. The van der Waals surface area contributed by atoms with E-state index in [9.17, 15) is 4.39 Å². The molecule has 0 aromatic heterocycles. The van der Waals surface area contributed by atoms with Crippen molar-refractivity contribution in [2.24, 2.45) is 0 Å². The Balaban J connectivity index is 1.68. The van der Waals surface area contributed by atoms with Gasteiger partial charge in [0.05, 0.1) is 12.5 Å². The Kier molecular flexibility index (Phi) is 7.99. The summed E-state index contributed by atoms with van der Waals surface area (Å²) in [6.07, 6.45) is 0.395. The van der Waals surface area contributed by atoms with Crippen LogP contribution in [0.2, 0.25) is 5.02 Å². The van der Waals surface area contributed by atoms with Gasteiger partial charge in [0.1, 0.15) is 5.82 Å². The highest BCUT2D eigenvalue weighted by Crippen LogP contribution is 2.23. The van der Waals surface area contributed by atoms with Gasteiger partial charge in [-0.05, 0) is 42.0 Å². The van der Waals surface area contributed by atoms with E-state index in [-0.39, 0.29) is 5.82 Å². The molecular formula is C18H17ClFN3S2. The van der Waals surface area contributed by atoms with Crippen LogP contribution in [0, 0.1) is 17.1 Å². The molecule has 0 unspecified atom stereocenters. The van der Waals surface area contributed by atoms with Crippen LogP contribution in [0.25, 0.3) is 0 Å². The topological polar surface area (TPSA) is 47.9 Å². The first-order valence-electron chi connectivity index (χ1n) is 7.61. The molecular weight excluding hydrogens is 377 g/mol. The molecule has 0 saturated heterocycles. The number of thiocarbonyl (C=S) groups is 1. The fourth-order valence-electron chi connectivity index (χ4n) is 2.05. The molecule has 0 bridgehead atoms. The van der Waals surface area contributed by atoms with Crippen LogP contribution in [0.3, 0.4) is 0 Å². The van der Waals surface area contributed by atoms with Crippen molar-refractivity contribution in [2.45, 2.75) is 12.2 Å². The number of halogens is 2. The molecule has 2 aromatic rings. The summed E-state index contributed by atoms with van der Waals surface area (Å²) in [5.41, 5.74) is 2.37. The number of anilines is 1. The Hall–Kier alpha value is -1.81. The molecule has 0 aliphatic rings. The van der Waals surface area contributed by atoms with Crippen molar-refractivity contribution in [1.82, 2.24) is 5.32 Å². The first kappa shape index (κ1) is 19.5. The van der Waals surface area contributed by atoms with Crippen molar-refractivity contribution in [3.63, 3.8) is 0 Å². The quantitative estimate of drug-likeness (QED) is 0.524. The molecule has 0 aliphatic carbocycles. The van der Waals surface area contributed by atoms with E-state index < -0.39 is 0 Å². The zero-order valence-electron chi connectivity index (χ0n) is 13.4. The lowest BCUT2D eigenvalue weighted by atomic mass is 10.1. The second-order valence-electron chi connectivity index (χ2n) is 5.17. The summed E-state index contributed by atoms with van der Waals surface area (Å²) in [6.45, 7) is 0.662. The predicted molar refractivity (Wildman–Crippen MR) is 108 cm³/mol.